The molecule has 1 saturated carbocycles. The molecule has 0 spiro atoms. The average molecular weight is 345 g/mol. The van der Waals surface area contributed by atoms with E-state index in [4.69, 9.17) is 15.2 Å². The van der Waals surface area contributed by atoms with Crippen molar-refractivity contribution in [1.82, 2.24) is 10.0 Å². The second-order valence-corrected chi connectivity index (χ2v) is 6.01. The van der Waals surface area contributed by atoms with Crippen molar-refractivity contribution in [3.63, 3.8) is 0 Å². The minimum atomic E-state index is -0.522. The maximum absolute atomic E-state index is 12.4. The lowest BCUT2D eigenvalue weighted by atomic mass is 10.1. The number of amides is 2. The van der Waals surface area contributed by atoms with Gasteiger partial charge in [-0.25, -0.2) is 19.6 Å². The van der Waals surface area contributed by atoms with E-state index in [1.54, 1.807) is 13.8 Å². The number of nitrogen functional groups attached to an aromatic ring is 1. The van der Waals surface area contributed by atoms with Crippen LogP contribution in [-0.2, 0) is 9.47 Å². The van der Waals surface area contributed by atoms with Crippen LogP contribution in [0.5, 0.6) is 0 Å². The van der Waals surface area contributed by atoms with Gasteiger partial charge in [0.25, 0.3) is 0 Å². The van der Waals surface area contributed by atoms with Crippen molar-refractivity contribution in [3.05, 3.63) is 35.4 Å². The first kappa shape index (κ1) is 17.1. The van der Waals surface area contributed by atoms with Gasteiger partial charge in [-0.2, -0.15) is 0 Å². The molecule has 1 heterocycles. The Morgan fingerprint density at radius 2 is 1.52 bits per heavy atom. The summed E-state index contributed by atoms with van der Waals surface area (Å²) in [5, 5.41) is 2.80. The first-order valence-corrected chi connectivity index (χ1v) is 8.55. The lowest BCUT2D eigenvalue weighted by molar-refractivity contribution is -0.0378. The lowest BCUT2D eigenvalue weighted by Crippen LogP contribution is -2.53. The molecule has 2 atom stereocenters. The minimum absolute atomic E-state index is 0.189. The fraction of sp³-hybridized carbons (Fsp3) is 0.444. The van der Waals surface area contributed by atoms with Crippen molar-refractivity contribution in [2.75, 3.05) is 18.9 Å². The average Bonchev–Trinajstić information content (AvgIpc) is 3.12. The van der Waals surface area contributed by atoms with Gasteiger partial charge in [-0.05, 0) is 50.0 Å². The van der Waals surface area contributed by atoms with Crippen molar-refractivity contribution in [2.45, 2.75) is 38.8 Å². The molecule has 2 aliphatic rings. The van der Waals surface area contributed by atoms with E-state index in [2.05, 4.69) is 0 Å². The third kappa shape index (κ3) is 3.14. The van der Waals surface area contributed by atoms with Gasteiger partial charge in [0.2, 0.25) is 0 Å². The number of carbonyl (C=O) groups excluding carboxylic acids is 2. The predicted molar refractivity (Wildman–Crippen MR) is 93.4 cm³/mol. The van der Waals surface area contributed by atoms with Gasteiger partial charge in [0, 0.05) is 5.69 Å². The number of hydrogen-bond donors (Lipinski definition) is 1. The third-order valence-electron chi connectivity index (χ3n) is 4.49. The number of anilines is 1. The van der Waals surface area contributed by atoms with E-state index in [-0.39, 0.29) is 25.3 Å². The van der Waals surface area contributed by atoms with Crippen molar-refractivity contribution in [1.29, 1.82) is 0 Å². The minimum Gasteiger partial charge on any atom is -0.448 e. The Hall–Kier alpha value is -2.70. The van der Waals surface area contributed by atoms with Crippen molar-refractivity contribution in [2.24, 2.45) is 0 Å². The maximum atomic E-state index is 12.4. The quantitative estimate of drug-likeness (QED) is 0.851. The molecule has 0 radical (unpaired) electrons. The number of nitrogens with zero attached hydrogens (tertiary/aromatic N) is 2. The van der Waals surface area contributed by atoms with Crippen LogP contribution in [0.3, 0.4) is 0 Å². The zero-order valence-corrected chi connectivity index (χ0v) is 14.5. The van der Waals surface area contributed by atoms with Crippen LogP contribution in [0.2, 0.25) is 0 Å². The molecule has 2 bridgehead atoms. The topological polar surface area (TPSA) is 85.1 Å². The second-order valence-electron chi connectivity index (χ2n) is 6.01. The molecule has 2 fully saturated rings. The number of rotatable bonds is 3. The number of fused-ring (bicyclic) bond motifs is 2. The van der Waals surface area contributed by atoms with Gasteiger partial charge < -0.3 is 15.2 Å². The van der Waals surface area contributed by atoms with Gasteiger partial charge in [0.05, 0.1) is 25.3 Å². The Kier molecular flexibility index (Phi) is 4.83. The molecule has 1 aromatic carbocycles. The van der Waals surface area contributed by atoms with Crippen LogP contribution >= 0.6 is 0 Å². The molecule has 1 aliphatic heterocycles. The van der Waals surface area contributed by atoms with E-state index in [1.807, 2.05) is 30.3 Å². The summed E-state index contributed by atoms with van der Waals surface area (Å²) < 4.78 is 10.3. The van der Waals surface area contributed by atoms with E-state index >= 15 is 0 Å². The number of benzene rings is 1. The standard InChI is InChI=1S/C18H23N3O4/c1-3-24-17(22)20-15-9-10-16(21(20)18(23)25-4-2)14(15)11-12-5-7-13(19)8-6-12/h5-8,11,15-16H,3-4,9-10,19H2,1-2H3/t15-,16+. The molecule has 0 aromatic heterocycles. The smallest absolute Gasteiger partial charge is 0.429 e. The van der Waals surface area contributed by atoms with Gasteiger partial charge in [-0.15, -0.1) is 0 Å². The molecule has 25 heavy (non-hydrogen) atoms. The highest BCUT2D eigenvalue weighted by Crippen LogP contribution is 2.43. The first-order chi connectivity index (χ1) is 12.1. The molecular formula is C18H23N3O4. The highest BCUT2D eigenvalue weighted by Gasteiger charge is 2.54. The molecule has 7 heteroatoms. The van der Waals surface area contributed by atoms with E-state index in [0.717, 1.165) is 24.0 Å². The third-order valence-corrected chi connectivity index (χ3v) is 4.49. The van der Waals surface area contributed by atoms with Crippen LogP contribution in [0.15, 0.2) is 29.8 Å². The highest BCUT2D eigenvalue weighted by atomic mass is 16.6. The van der Waals surface area contributed by atoms with E-state index in [0.29, 0.717) is 5.69 Å². The summed E-state index contributed by atoms with van der Waals surface area (Å²) in [6.45, 7) is 3.99. The summed E-state index contributed by atoms with van der Waals surface area (Å²) in [6, 6.07) is 7.12. The maximum Gasteiger partial charge on any atom is 0.429 e. The molecule has 3 rings (SSSR count). The number of hydrazine groups is 1. The Morgan fingerprint density at radius 3 is 1.96 bits per heavy atom. The summed E-state index contributed by atoms with van der Waals surface area (Å²) in [6.07, 6.45) is 2.56. The van der Waals surface area contributed by atoms with Crippen LogP contribution in [0, 0.1) is 0 Å². The van der Waals surface area contributed by atoms with Gasteiger partial charge >= 0.3 is 12.2 Å². The zero-order valence-electron chi connectivity index (χ0n) is 14.5. The molecule has 1 aliphatic carbocycles. The fourth-order valence-corrected chi connectivity index (χ4v) is 3.49. The predicted octanol–water partition coefficient (Wildman–Crippen LogP) is 3.03. The van der Waals surface area contributed by atoms with Crippen LogP contribution in [0.4, 0.5) is 15.3 Å². The van der Waals surface area contributed by atoms with Gasteiger partial charge in [0.15, 0.2) is 0 Å². The molecule has 7 nitrogen and oxygen atoms in total. The number of nitrogens with two attached hydrogens (primary N) is 1. The SMILES string of the molecule is CCOC(=O)N1[C@@H]2CC[C@@H](C2=Cc2ccc(N)cc2)N1C(=O)OCC. The highest BCUT2D eigenvalue weighted by molar-refractivity contribution is 5.79. The Balaban J connectivity index is 1.94. The first-order valence-electron chi connectivity index (χ1n) is 8.55. The number of hydrogen-bond acceptors (Lipinski definition) is 5. The lowest BCUT2D eigenvalue weighted by Gasteiger charge is -2.35. The van der Waals surface area contributed by atoms with Crippen LogP contribution < -0.4 is 5.73 Å². The summed E-state index contributed by atoms with van der Waals surface area (Å²) in [5.41, 5.74) is 8.43. The van der Waals surface area contributed by atoms with Gasteiger partial charge in [-0.1, -0.05) is 18.2 Å². The monoisotopic (exact) mass is 345 g/mol. The molecule has 2 amide bonds. The largest absolute Gasteiger partial charge is 0.448 e. The number of ether oxygens (including phenoxy) is 2. The van der Waals surface area contributed by atoms with Crippen LogP contribution in [-0.4, -0.2) is 47.5 Å². The van der Waals surface area contributed by atoms with Crippen LogP contribution in [0.25, 0.3) is 6.08 Å². The fourth-order valence-electron chi connectivity index (χ4n) is 3.49. The molecule has 0 unspecified atom stereocenters. The Labute approximate surface area is 146 Å². The van der Waals surface area contributed by atoms with Crippen LogP contribution in [0.1, 0.15) is 32.3 Å². The van der Waals surface area contributed by atoms with E-state index in [9.17, 15) is 9.59 Å². The van der Waals surface area contributed by atoms with Gasteiger partial charge in [0.1, 0.15) is 0 Å². The van der Waals surface area contributed by atoms with E-state index < -0.39 is 12.2 Å². The molecule has 1 saturated heterocycles. The van der Waals surface area contributed by atoms with Gasteiger partial charge in [-0.3, -0.25) is 0 Å². The molecular weight excluding hydrogens is 322 g/mol. The summed E-state index contributed by atoms with van der Waals surface area (Å²) in [4.78, 5) is 24.8. The zero-order chi connectivity index (χ0) is 18.0. The van der Waals surface area contributed by atoms with E-state index in [1.165, 1.54) is 10.0 Å². The summed E-state index contributed by atoms with van der Waals surface area (Å²) >= 11 is 0. The normalized spacial score (nSPS) is 23.2. The van der Waals surface area contributed by atoms with Crippen molar-refractivity contribution >= 4 is 23.9 Å². The second kappa shape index (κ2) is 7.04. The summed E-state index contributed by atoms with van der Waals surface area (Å²) in [5.74, 6) is 0. The Bertz CT molecular complexity index is 652. The Morgan fingerprint density at radius 1 is 1.04 bits per heavy atom. The van der Waals surface area contributed by atoms with Crippen molar-refractivity contribution < 1.29 is 19.1 Å². The molecule has 1 aromatic rings. The number of carbonyl (C=O) groups is 2. The summed E-state index contributed by atoms with van der Waals surface area (Å²) in [7, 11) is 0. The van der Waals surface area contributed by atoms with Crippen molar-refractivity contribution in [3.8, 4) is 0 Å². The molecule has 134 valence electrons. The molecule has 2 N–H and O–H groups in total.